The van der Waals surface area contributed by atoms with Crippen molar-refractivity contribution in [1.82, 2.24) is 5.32 Å². The molecule has 0 fully saturated rings. The SMILES string of the molecule is FC(F)(F)c1ccc(CNC2C=CCCC2)cc1. The van der Waals surface area contributed by atoms with Crippen LogP contribution >= 0.6 is 0 Å². The summed E-state index contributed by atoms with van der Waals surface area (Å²) in [5.41, 5.74) is 0.283. The second-order valence-electron chi connectivity index (χ2n) is 4.54. The molecule has 98 valence electrons. The fourth-order valence-corrected chi connectivity index (χ4v) is 2.04. The Hall–Kier alpha value is -1.29. The fraction of sp³-hybridized carbons (Fsp3) is 0.429. The van der Waals surface area contributed by atoms with E-state index < -0.39 is 11.7 Å². The van der Waals surface area contributed by atoms with Gasteiger partial charge in [-0.05, 0) is 37.0 Å². The first-order chi connectivity index (χ1) is 8.55. The molecule has 1 N–H and O–H groups in total. The predicted molar refractivity (Wildman–Crippen MR) is 65.1 cm³/mol. The summed E-state index contributed by atoms with van der Waals surface area (Å²) in [5.74, 6) is 0. The Morgan fingerprint density at radius 3 is 2.44 bits per heavy atom. The summed E-state index contributed by atoms with van der Waals surface area (Å²) in [6.45, 7) is 0.604. The average Bonchev–Trinajstić information content (AvgIpc) is 2.37. The summed E-state index contributed by atoms with van der Waals surface area (Å²) < 4.78 is 37.1. The Morgan fingerprint density at radius 2 is 1.89 bits per heavy atom. The van der Waals surface area contributed by atoms with Crippen molar-refractivity contribution >= 4 is 0 Å². The van der Waals surface area contributed by atoms with Crippen LogP contribution in [0.25, 0.3) is 0 Å². The summed E-state index contributed by atoms with van der Waals surface area (Å²) in [5, 5.41) is 3.33. The largest absolute Gasteiger partial charge is 0.416 e. The van der Waals surface area contributed by atoms with Gasteiger partial charge in [0.05, 0.1) is 5.56 Å². The van der Waals surface area contributed by atoms with Crippen LogP contribution < -0.4 is 5.32 Å². The third-order valence-corrected chi connectivity index (χ3v) is 3.10. The lowest BCUT2D eigenvalue weighted by Gasteiger charge is -2.18. The van der Waals surface area contributed by atoms with Gasteiger partial charge in [-0.15, -0.1) is 0 Å². The normalized spacial score (nSPS) is 20.1. The van der Waals surface area contributed by atoms with Crippen LogP contribution in [-0.4, -0.2) is 6.04 Å². The van der Waals surface area contributed by atoms with Crippen LogP contribution in [-0.2, 0) is 12.7 Å². The lowest BCUT2D eigenvalue weighted by Crippen LogP contribution is -2.27. The zero-order chi connectivity index (χ0) is 13.0. The summed E-state index contributed by atoms with van der Waals surface area (Å²) >= 11 is 0. The summed E-state index contributed by atoms with van der Waals surface area (Å²) in [7, 11) is 0. The van der Waals surface area contributed by atoms with Crippen molar-refractivity contribution in [2.75, 3.05) is 0 Å². The van der Waals surface area contributed by atoms with Gasteiger partial charge in [0.15, 0.2) is 0 Å². The number of halogens is 3. The molecular formula is C14H16F3N. The topological polar surface area (TPSA) is 12.0 Å². The van der Waals surface area contributed by atoms with E-state index in [2.05, 4.69) is 17.5 Å². The Morgan fingerprint density at radius 1 is 1.17 bits per heavy atom. The van der Waals surface area contributed by atoms with Gasteiger partial charge in [-0.3, -0.25) is 0 Å². The van der Waals surface area contributed by atoms with Gasteiger partial charge in [-0.1, -0.05) is 24.3 Å². The molecule has 0 radical (unpaired) electrons. The fourth-order valence-electron chi connectivity index (χ4n) is 2.04. The lowest BCUT2D eigenvalue weighted by atomic mass is 10.0. The van der Waals surface area contributed by atoms with Crippen molar-refractivity contribution in [1.29, 1.82) is 0 Å². The summed E-state index contributed by atoms with van der Waals surface area (Å²) in [6.07, 6.45) is 3.41. The molecular weight excluding hydrogens is 239 g/mol. The molecule has 0 aliphatic heterocycles. The Bertz CT molecular complexity index is 406. The Labute approximate surface area is 105 Å². The highest BCUT2D eigenvalue weighted by Crippen LogP contribution is 2.29. The monoisotopic (exact) mass is 255 g/mol. The van der Waals surface area contributed by atoms with E-state index in [1.165, 1.54) is 18.6 Å². The molecule has 1 unspecified atom stereocenters. The molecule has 1 aromatic carbocycles. The maximum Gasteiger partial charge on any atom is 0.416 e. The quantitative estimate of drug-likeness (QED) is 0.808. The molecule has 1 aliphatic rings. The van der Waals surface area contributed by atoms with Crippen molar-refractivity contribution in [2.45, 2.75) is 38.0 Å². The van der Waals surface area contributed by atoms with Gasteiger partial charge in [0.2, 0.25) is 0 Å². The van der Waals surface area contributed by atoms with Gasteiger partial charge in [0, 0.05) is 12.6 Å². The third kappa shape index (κ3) is 3.60. The molecule has 2 rings (SSSR count). The van der Waals surface area contributed by atoms with Crippen molar-refractivity contribution in [3.8, 4) is 0 Å². The minimum absolute atomic E-state index is 0.348. The average molecular weight is 255 g/mol. The molecule has 1 aromatic rings. The number of alkyl halides is 3. The second-order valence-corrected chi connectivity index (χ2v) is 4.54. The minimum atomic E-state index is -4.25. The van der Waals surface area contributed by atoms with Crippen LogP contribution in [0.1, 0.15) is 30.4 Å². The Balaban J connectivity index is 1.90. The second kappa shape index (κ2) is 5.57. The predicted octanol–water partition coefficient (Wildman–Crippen LogP) is 3.90. The molecule has 0 heterocycles. The zero-order valence-corrected chi connectivity index (χ0v) is 10.0. The number of allylic oxidation sites excluding steroid dienone is 1. The maximum absolute atomic E-state index is 12.4. The van der Waals surface area contributed by atoms with Crippen molar-refractivity contribution < 1.29 is 13.2 Å². The molecule has 1 nitrogen and oxygen atoms in total. The van der Waals surface area contributed by atoms with Crippen molar-refractivity contribution in [3.63, 3.8) is 0 Å². The van der Waals surface area contributed by atoms with Gasteiger partial charge < -0.3 is 5.32 Å². The van der Waals surface area contributed by atoms with Crippen LogP contribution in [0.4, 0.5) is 13.2 Å². The van der Waals surface area contributed by atoms with Gasteiger partial charge in [-0.25, -0.2) is 0 Å². The van der Waals surface area contributed by atoms with Crippen LogP contribution in [0.2, 0.25) is 0 Å². The summed E-state index contributed by atoms with van der Waals surface area (Å²) in [6, 6.07) is 5.67. The zero-order valence-electron chi connectivity index (χ0n) is 10.0. The molecule has 0 amide bonds. The van der Waals surface area contributed by atoms with Gasteiger partial charge in [0.25, 0.3) is 0 Å². The van der Waals surface area contributed by atoms with Crippen molar-refractivity contribution in [3.05, 3.63) is 47.5 Å². The standard InChI is InChI=1S/C14H16F3N/c15-14(16,17)12-8-6-11(7-9-12)10-18-13-4-2-1-3-5-13/h2,4,6-9,13,18H,1,3,5,10H2. The number of nitrogens with one attached hydrogen (secondary N) is 1. The molecule has 18 heavy (non-hydrogen) atoms. The number of rotatable bonds is 3. The lowest BCUT2D eigenvalue weighted by molar-refractivity contribution is -0.137. The van der Waals surface area contributed by atoms with Crippen LogP contribution in [0, 0.1) is 0 Å². The van der Waals surface area contributed by atoms with E-state index in [0.29, 0.717) is 12.6 Å². The van der Waals surface area contributed by atoms with Crippen LogP contribution in [0.3, 0.4) is 0 Å². The number of hydrogen-bond donors (Lipinski definition) is 1. The van der Waals surface area contributed by atoms with E-state index in [1.807, 2.05) is 0 Å². The molecule has 0 saturated carbocycles. The van der Waals surface area contributed by atoms with E-state index in [9.17, 15) is 13.2 Å². The van der Waals surface area contributed by atoms with Crippen molar-refractivity contribution in [2.24, 2.45) is 0 Å². The van der Waals surface area contributed by atoms with Crippen LogP contribution in [0.5, 0.6) is 0 Å². The van der Waals surface area contributed by atoms with E-state index in [1.54, 1.807) is 0 Å². The smallest absolute Gasteiger partial charge is 0.306 e. The van der Waals surface area contributed by atoms with E-state index in [-0.39, 0.29) is 0 Å². The highest BCUT2D eigenvalue weighted by atomic mass is 19.4. The number of hydrogen-bond acceptors (Lipinski definition) is 1. The van der Waals surface area contributed by atoms with Gasteiger partial charge in [-0.2, -0.15) is 13.2 Å². The molecule has 1 atom stereocenters. The highest BCUT2D eigenvalue weighted by molar-refractivity contribution is 5.24. The van der Waals surface area contributed by atoms with E-state index in [0.717, 1.165) is 30.5 Å². The molecule has 4 heteroatoms. The van der Waals surface area contributed by atoms with E-state index in [4.69, 9.17) is 0 Å². The number of benzene rings is 1. The molecule has 0 bridgehead atoms. The third-order valence-electron chi connectivity index (χ3n) is 3.10. The van der Waals surface area contributed by atoms with Crippen LogP contribution in [0.15, 0.2) is 36.4 Å². The molecule has 1 aliphatic carbocycles. The first-order valence-corrected chi connectivity index (χ1v) is 6.12. The maximum atomic E-state index is 12.4. The highest BCUT2D eigenvalue weighted by Gasteiger charge is 2.29. The van der Waals surface area contributed by atoms with Gasteiger partial charge >= 0.3 is 6.18 Å². The molecule has 0 saturated heterocycles. The first-order valence-electron chi connectivity index (χ1n) is 6.12. The van der Waals surface area contributed by atoms with E-state index >= 15 is 0 Å². The first kappa shape index (κ1) is 13.1. The minimum Gasteiger partial charge on any atom is -0.306 e. The molecule has 0 aromatic heterocycles. The summed E-state index contributed by atoms with van der Waals surface area (Å²) in [4.78, 5) is 0. The van der Waals surface area contributed by atoms with Gasteiger partial charge in [0.1, 0.15) is 0 Å². The Kier molecular flexibility index (Phi) is 4.07. The molecule has 0 spiro atoms.